The zero-order valence-electron chi connectivity index (χ0n) is 31.9. The Balaban J connectivity index is 1.06. The Kier molecular flexibility index (Phi) is 6.72. The van der Waals surface area contributed by atoms with E-state index >= 15 is 0 Å². The van der Waals surface area contributed by atoms with Gasteiger partial charge in [-0.2, -0.15) is 0 Å². The van der Waals surface area contributed by atoms with Crippen LogP contribution in [0.1, 0.15) is 25.0 Å². The standard InChI is InChI=1S/C55H38N2/c1-55(2)49-19-11-9-17-43(49)44-30-28-41(34-50(44)55)57-51-20-12-10-18-45(51)48-33-37-22-21-36-25-29-42(46-31-32-47(54(48)57)53(37)52(36)46)35-23-26-40(27-24-35)56(38-13-5-3-6-14-38)39-15-7-4-8-16-39/h3-34H,1-2H3. The Labute approximate surface area is 331 Å². The van der Waals surface area contributed by atoms with Gasteiger partial charge in [0.15, 0.2) is 0 Å². The molecule has 12 rings (SSSR count). The summed E-state index contributed by atoms with van der Waals surface area (Å²) < 4.78 is 2.53. The van der Waals surface area contributed by atoms with E-state index in [2.05, 4.69) is 217 Å². The van der Waals surface area contributed by atoms with Crippen LogP contribution < -0.4 is 4.90 Å². The van der Waals surface area contributed by atoms with Crippen molar-refractivity contribution >= 4 is 71.2 Å². The topological polar surface area (TPSA) is 8.17 Å². The lowest BCUT2D eigenvalue weighted by Gasteiger charge is -2.25. The van der Waals surface area contributed by atoms with Crippen LogP contribution in [0.4, 0.5) is 17.1 Å². The van der Waals surface area contributed by atoms with Gasteiger partial charge in [-0.1, -0.05) is 147 Å². The molecule has 0 unspecified atom stereocenters. The van der Waals surface area contributed by atoms with Crippen LogP contribution in [-0.4, -0.2) is 4.57 Å². The Bertz CT molecular complexity index is 3310. The van der Waals surface area contributed by atoms with Crippen molar-refractivity contribution in [3.63, 3.8) is 0 Å². The number of aromatic nitrogens is 1. The van der Waals surface area contributed by atoms with Crippen molar-refractivity contribution in [2.75, 3.05) is 4.90 Å². The zero-order chi connectivity index (χ0) is 37.8. The van der Waals surface area contributed by atoms with E-state index < -0.39 is 0 Å². The summed E-state index contributed by atoms with van der Waals surface area (Å²) in [5.74, 6) is 0. The van der Waals surface area contributed by atoms with Crippen LogP contribution in [0.15, 0.2) is 194 Å². The number of para-hydroxylation sites is 3. The molecule has 1 aliphatic rings. The van der Waals surface area contributed by atoms with Crippen LogP contribution in [0.5, 0.6) is 0 Å². The van der Waals surface area contributed by atoms with E-state index in [9.17, 15) is 0 Å². The van der Waals surface area contributed by atoms with Gasteiger partial charge in [0.1, 0.15) is 0 Å². The molecule has 2 nitrogen and oxygen atoms in total. The number of nitrogens with zero attached hydrogens (tertiary/aromatic N) is 2. The molecule has 1 aromatic heterocycles. The first-order chi connectivity index (χ1) is 28.0. The van der Waals surface area contributed by atoms with Gasteiger partial charge < -0.3 is 9.47 Å². The largest absolute Gasteiger partial charge is 0.311 e. The Morgan fingerprint density at radius 3 is 1.79 bits per heavy atom. The van der Waals surface area contributed by atoms with E-state index in [1.54, 1.807) is 0 Å². The molecule has 0 saturated carbocycles. The van der Waals surface area contributed by atoms with Gasteiger partial charge in [0.05, 0.1) is 11.0 Å². The highest BCUT2D eigenvalue weighted by Crippen LogP contribution is 2.50. The summed E-state index contributed by atoms with van der Waals surface area (Å²) in [4.78, 5) is 2.32. The molecule has 0 N–H and O–H groups in total. The van der Waals surface area contributed by atoms with Gasteiger partial charge in [0.2, 0.25) is 0 Å². The molecule has 0 spiro atoms. The molecule has 11 aromatic rings. The van der Waals surface area contributed by atoms with E-state index in [1.807, 2.05) is 0 Å². The molecule has 10 aromatic carbocycles. The predicted octanol–water partition coefficient (Wildman–Crippen LogP) is 15.1. The first-order valence-electron chi connectivity index (χ1n) is 19.9. The lowest BCUT2D eigenvalue weighted by Crippen LogP contribution is -2.15. The van der Waals surface area contributed by atoms with Crippen molar-refractivity contribution in [2.24, 2.45) is 0 Å². The van der Waals surface area contributed by atoms with E-state index in [-0.39, 0.29) is 5.41 Å². The SMILES string of the molecule is CC1(C)c2ccccc2-c2ccc(-n3c4ccccc4c4cc5ccc6ccc(-c7ccc(N(c8ccccc8)c8ccccc8)cc7)c7ccc(c5c67)c43)cc21. The minimum atomic E-state index is -0.0807. The molecule has 1 aliphatic carbocycles. The third kappa shape index (κ3) is 4.59. The second-order valence-electron chi connectivity index (χ2n) is 16.1. The van der Waals surface area contributed by atoms with E-state index in [4.69, 9.17) is 0 Å². The Hall–Kier alpha value is -7.16. The van der Waals surface area contributed by atoms with Gasteiger partial charge in [-0.05, 0) is 121 Å². The minimum absolute atomic E-state index is 0.0807. The summed E-state index contributed by atoms with van der Waals surface area (Å²) >= 11 is 0. The molecular formula is C55H38N2. The van der Waals surface area contributed by atoms with Crippen molar-refractivity contribution < 1.29 is 0 Å². The van der Waals surface area contributed by atoms with Gasteiger partial charge in [-0.3, -0.25) is 0 Å². The summed E-state index contributed by atoms with van der Waals surface area (Å²) in [6.07, 6.45) is 0. The molecular weight excluding hydrogens is 689 g/mol. The van der Waals surface area contributed by atoms with Crippen molar-refractivity contribution in [3.05, 3.63) is 205 Å². The lowest BCUT2D eigenvalue weighted by molar-refractivity contribution is 0.660. The molecule has 2 heteroatoms. The number of fused-ring (bicyclic) bond motifs is 7. The van der Waals surface area contributed by atoms with Gasteiger partial charge >= 0.3 is 0 Å². The van der Waals surface area contributed by atoms with Gasteiger partial charge in [-0.15, -0.1) is 0 Å². The fraction of sp³-hybridized carbons (Fsp3) is 0.0545. The second-order valence-corrected chi connectivity index (χ2v) is 16.1. The first kappa shape index (κ1) is 32.1. The van der Waals surface area contributed by atoms with Crippen molar-refractivity contribution in [2.45, 2.75) is 19.3 Å². The summed E-state index contributed by atoms with van der Waals surface area (Å²) in [6, 6.07) is 71.7. The minimum Gasteiger partial charge on any atom is -0.311 e. The van der Waals surface area contributed by atoms with Crippen molar-refractivity contribution in [1.82, 2.24) is 4.57 Å². The second kappa shape index (κ2) is 11.9. The van der Waals surface area contributed by atoms with Crippen LogP contribution in [0.2, 0.25) is 0 Å². The van der Waals surface area contributed by atoms with Gasteiger partial charge in [0.25, 0.3) is 0 Å². The smallest absolute Gasteiger partial charge is 0.0620 e. The van der Waals surface area contributed by atoms with Crippen LogP contribution in [0, 0.1) is 0 Å². The van der Waals surface area contributed by atoms with Crippen LogP contribution >= 0.6 is 0 Å². The Morgan fingerprint density at radius 1 is 0.404 bits per heavy atom. The molecule has 0 aliphatic heterocycles. The van der Waals surface area contributed by atoms with Crippen LogP contribution in [-0.2, 0) is 5.41 Å². The third-order valence-electron chi connectivity index (χ3n) is 12.7. The molecule has 0 saturated heterocycles. The molecule has 0 fully saturated rings. The summed E-state index contributed by atoms with van der Waals surface area (Å²) in [7, 11) is 0. The number of hydrogen-bond donors (Lipinski definition) is 0. The monoisotopic (exact) mass is 726 g/mol. The number of benzene rings is 10. The molecule has 57 heavy (non-hydrogen) atoms. The first-order valence-corrected chi connectivity index (χ1v) is 19.9. The maximum atomic E-state index is 2.53. The number of hydrogen-bond acceptors (Lipinski definition) is 1. The van der Waals surface area contributed by atoms with Crippen molar-refractivity contribution in [1.29, 1.82) is 0 Å². The summed E-state index contributed by atoms with van der Waals surface area (Å²) in [5.41, 5.74) is 15.0. The quantitative estimate of drug-likeness (QED) is 0.160. The normalized spacial score (nSPS) is 13.2. The van der Waals surface area contributed by atoms with E-state index in [0.717, 1.165) is 17.1 Å². The highest BCUT2D eigenvalue weighted by Gasteiger charge is 2.35. The van der Waals surface area contributed by atoms with Gasteiger partial charge in [-0.25, -0.2) is 0 Å². The third-order valence-corrected chi connectivity index (χ3v) is 12.7. The lowest BCUT2D eigenvalue weighted by atomic mass is 9.82. The zero-order valence-corrected chi connectivity index (χ0v) is 31.9. The highest BCUT2D eigenvalue weighted by molar-refractivity contribution is 6.32. The number of anilines is 3. The van der Waals surface area contributed by atoms with Crippen molar-refractivity contribution in [3.8, 4) is 27.9 Å². The predicted molar refractivity (Wildman–Crippen MR) is 242 cm³/mol. The molecule has 1 heterocycles. The fourth-order valence-corrected chi connectivity index (χ4v) is 10.1. The maximum Gasteiger partial charge on any atom is 0.0620 e. The molecule has 0 atom stereocenters. The Morgan fingerprint density at radius 2 is 1.00 bits per heavy atom. The van der Waals surface area contributed by atoms with E-state index in [0.29, 0.717) is 0 Å². The maximum absolute atomic E-state index is 2.53. The average Bonchev–Trinajstić information content (AvgIpc) is 3.72. The van der Waals surface area contributed by atoms with E-state index in [1.165, 1.54) is 93.2 Å². The summed E-state index contributed by atoms with van der Waals surface area (Å²) in [6.45, 7) is 4.74. The average molecular weight is 727 g/mol. The molecule has 0 bridgehead atoms. The van der Waals surface area contributed by atoms with Crippen LogP contribution in [0.25, 0.3) is 82.1 Å². The molecule has 0 radical (unpaired) electrons. The molecule has 268 valence electrons. The van der Waals surface area contributed by atoms with Gasteiger partial charge in [0, 0.05) is 44.3 Å². The highest BCUT2D eigenvalue weighted by atomic mass is 15.1. The number of rotatable bonds is 5. The molecule has 0 amide bonds. The van der Waals surface area contributed by atoms with Crippen LogP contribution in [0.3, 0.4) is 0 Å². The fourth-order valence-electron chi connectivity index (χ4n) is 10.1. The summed E-state index contributed by atoms with van der Waals surface area (Å²) in [5, 5.41) is 10.3.